The molecule has 1 fully saturated rings. The van der Waals surface area contributed by atoms with Crippen molar-refractivity contribution in [3.05, 3.63) is 30.3 Å². The standard InChI is InChI=1S/C17H25NO3/c1-2-16(21-15-9-4-3-5-10-15)17(20)18-11-13-7-6-8-14(13)12-19/h3-5,9-10,13-14,16,19H,2,6-8,11-12H2,1H3,(H,18,20). The molecule has 1 aliphatic rings. The quantitative estimate of drug-likeness (QED) is 0.811. The number of carbonyl (C=O) groups excluding carboxylic acids is 1. The second-order valence-electron chi connectivity index (χ2n) is 5.71. The fourth-order valence-corrected chi connectivity index (χ4v) is 2.95. The minimum atomic E-state index is -0.457. The average molecular weight is 291 g/mol. The Balaban J connectivity index is 1.83. The normalized spacial score (nSPS) is 22.8. The SMILES string of the molecule is CCC(Oc1ccccc1)C(=O)NCC1CCCC1CO. The molecule has 4 nitrogen and oxygen atoms in total. The Morgan fingerprint density at radius 2 is 2.05 bits per heavy atom. The molecule has 0 radical (unpaired) electrons. The summed E-state index contributed by atoms with van der Waals surface area (Å²) in [6.45, 7) is 2.80. The van der Waals surface area contributed by atoms with Crippen molar-refractivity contribution in [3.8, 4) is 5.75 Å². The van der Waals surface area contributed by atoms with Crippen LogP contribution < -0.4 is 10.1 Å². The topological polar surface area (TPSA) is 58.6 Å². The molecule has 1 saturated carbocycles. The molecule has 3 unspecified atom stereocenters. The van der Waals surface area contributed by atoms with Crippen molar-refractivity contribution in [2.75, 3.05) is 13.2 Å². The largest absolute Gasteiger partial charge is 0.481 e. The molecule has 0 saturated heterocycles. The van der Waals surface area contributed by atoms with Gasteiger partial charge in [0.05, 0.1) is 0 Å². The monoisotopic (exact) mass is 291 g/mol. The van der Waals surface area contributed by atoms with Gasteiger partial charge >= 0.3 is 0 Å². The Labute approximate surface area is 126 Å². The second-order valence-corrected chi connectivity index (χ2v) is 5.71. The van der Waals surface area contributed by atoms with Gasteiger partial charge in [0.1, 0.15) is 5.75 Å². The van der Waals surface area contributed by atoms with E-state index in [0.29, 0.717) is 30.6 Å². The van der Waals surface area contributed by atoms with Gasteiger partial charge in [0.15, 0.2) is 6.10 Å². The zero-order valence-electron chi connectivity index (χ0n) is 12.6. The molecule has 21 heavy (non-hydrogen) atoms. The number of ether oxygens (including phenoxy) is 1. The summed E-state index contributed by atoms with van der Waals surface area (Å²) in [5, 5.41) is 12.3. The highest BCUT2D eigenvalue weighted by atomic mass is 16.5. The predicted octanol–water partition coefficient (Wildman–Crippen LogP) is 2.37. The molecule has 1 aromatic rings. The maximum Gasteiger partial charge on any atom is 0.261 e. The Morgan fingerprint density at radius 1 is 1.33 bits per heavy atom. The molecule has 0 spiro atoms. The Bertz CT molecular complexity index is 435. The van der Waals surface area contributed by atoms with Gasteiger partial charge in [-0.25, -0.2) is 0 Å². The zero-order valence-corrected chi connectivity index (χ0v) is 12.6. The molecule has 1 amide bonds. The molecule has 2 rings (SSSR count). The zero-order chi connectivity index (χ0) is 15.1. The van der Waals surface area contributed by atoms with Crippen LogP contribution in [0, 0.1) is 11.8 Å². The van der Waals surface area contributed by atoms with Crippen LogP contribution in [0.4, 0.5) is 0 Å². The number of aliphatic hydroxyl groups is 1. The van der Waals surface area contributed by atoms with Crippen LogP contribution in [0.1, 0.15) is 32.6 Å². The first kappa shape index (κ1) is 15.8. The summed E-state index contributed by atoms with van der Waals surface area (Å²) in [6, 6.07) is 9.42. The molecule has 0 aliphatic heterocycles. The van der Waals surface area contributed by atoms with Gasteiger partial charge in [0.25, 0.3) is 5.91 Å². The third-order valence-electron chi connectivity index (χ3n) is 4.27. The van der Waals surface area contributed by atoms with E-state index < -0.39 is 6.10 Å². The lowest BCUT2D eigenvalue weighted by molar-refractivity contribution is -0.128. The van der Waals surface area contributed by atoms with Gasteiger partial charge in [-0.1, -0.05) is 31.5 Å². The summed E-state index contributed by atoms with van der Waals surface area (Å²) < 4.78 is 5.73. The molecule has 1 aliphatic carbocycles. The van der Waals surface area contributed by atoms with Crippen molar-refractivity contribution < 1.29 is 14.6 Å². The highest BCUT2D eigenvalue weighted by Gasteiger charge is 2.28. The van der Waals surface area contributed by atoms with E-state index in [4.69, 9.17) is 4.74 Å². The summed E-state index contributed by atoms with van der Waals surface area (Å²) in [7, 11) is 0. The maximum absolute atomic E-state index is 12.2. The van der Waals surface area contributed by atoms with Gasteiger partial charge in [0.2, 0.25) is 0 Å². The fourth-order valence-electron chi connectivity index (χ4n) is 2.95. The van der Waals surface area contributed by atoms with E-state index in [9.17, 15) is 9.90 Å². The van der Waals surface area contributed by atoms with Crippen LogP contribution in [0.2, 0.25) is 0 Å². The van der Waals surface area contributed by atoms with Crippen LogP contribution >= 0.6 is 0 Å². The van der Waals surface area contributed by atoms with E-state index in [2.05, 4.69) is 5.32 Å². The molecular weight excluding hydrogens is 266 g/mol. The van der Waals surface area contributed by atoms with Crippen molar-refractivity contribution in [1.82, 2.24) is 5.32 Å². The van der Waals surface area contributed by atoms with Gasteiger partial charge in [-0.2, -0.15) is 0 Å². The van der Waals surface area contributed by atoms with Gasteiger partial charge in [-0.3, -0.25) is 4.79 Å². The third kappa shape index (κ3) is 4.46. The molecule has 4 heteroatoms. The first-order chi connectivity index (χ1) is 10.2. The molecule has 1 aromatic carbocycles. The Hall–Kier alpha value is -1.55. The summed E-state index contributed by atoms with van der Waals surface area (Å²) in [5.41, 5.74) is 0. The predicted molar refractivity (Wildman–Crippen MR) is 82.1 cm³/mol. The van der Waals surface area contributed by atoms with E-state index in [0.717, 1.165) is 19.3 Å². The number of carbonyl (C=O) groups is 1. The van der Waals surface area contributed by atoms with Crippen LogP contribution in [0.15, 0.2) is 30.3 Å². The van der Waals surface area contributed by atoms with Crippen molar-refractivity contribution in [2.24, 2.45) is 11.8 Å². The molecule has 2 N–H and O–H groups in total. The van der Waals surface area contributed by atoms with Crippen molar-refractivity contribution in [3.63, 3.8) is 0 Å². The summed E-state index contributed by atoms with van der Waals surface area (Å²) in [4.78, 5) is 12.2. The smallest absolute Gasteiger partial charge is 0.261 e. The summed E-state index contributed by atoms with van der Waals surface area (Å²) in [6.07, 6.45) is 3.47. The van der Waals surface area contributed by atoms with E-state index in [1.165, 1.54) is 0 Å². The molecule has 0 bridgehead atoms. The van der Waals surface area contributed by atoms with E-state index >= 15 is 0 Å². The molecule has 116 valence electrons. The van der Waals surface area contributed by atoms with E-state index in [1.54, 1.807) is 0 Å². The van der Waals surface area contributed by atoms with Crippen LogP contribution in [0.25, 0.3) is 0 Å². The van der Waals surface area contributed by atoms with Gasteiger partial charge in [-0.05, 0) is 43.2 Å². The number of benzene rings is 1. The number of rotatable bonds is 7. The van der Waals surface area contributed by atoms with Crippen molar-refractivity contribution >= 4 is 5.91 Å². The Kier molecular flexibility index (Phi) is 6.05. The number of hydrogen-bond acceptors (Lipinski definition) is 3. The lowest BCUT2D eigenvalue weighted by Gasteiger charge is -2.21. The van der Waals surface area contributed by atoms with Gasteiger partial charge in [-0.15, -0.1) is 0 Å². The molecular formula is C17H25NO3. The minimum Gasteiger partial charge on any atom is -0.481 e. The second kappa shape index (κ2) is 8.03. The molecule has 0 heterocycles. The first-order valence-corrected chi connectivity index (χ1v) is 7.84. The van der Waals surface area contributed by atoms with Gasteiger partial charge in [0, 0.05) is 13.2 Å². The summed E-state index contributed by atoms with van der Waals surface area (Å²) >= 11 is 0. The lowest BCUT2D eigenvalue weighted by Crippen LogP contribution is -2.41. The highest BCUT2D eigenvalue weighted by molar-refractivity contribution is 5.81. The van der Waals surface area contributed by atoms with Crippen molar-refractivity contribution in [2.45, 2.75) is 38.7 Å². The van der Waals surface area contributed by atoms with E-state index in [1.807, 2.05) is 37.3 Å². The van der Waals surface area contributed by atoms with Crippen LogP contribution in [-0.4, -0.2) is 30.3 Å². The number of amides is 1. The van der Waals surface area contributed by atoms with Crippen LogP contribution in [0.3, 0.4) is 0 Å². The number of para-hydroxylation sites is 1. The summed E-state index contributed by atoms with van der Waals surface area (Å²) in [5.74, 6) is 1.38. The van der Waals surface area contributed by atoms with Crippen LogP contribution in [0.5, 0.6) is 5.75 Å². The Morgan fingerprint density at radius 3 is 2.71 bits per heavy atom. The number of aliphatic hydroxyl groups excluding tert-OH is 1. The number of hydrogen-bond donors (Lipinski definition) is 2. The minimum absolute atomic E-state index is 0.0649. The average Bonchev–Trinajstić information content (AvgIpc) is 2.98. The molecule has 0 aromatic heterocycles. The first-order valence-electron chi connectivity index (χ1n) is 7.84. The van der Waals surface area contributed by atoms with E-state index in [-0.39, 0.29) is 12.5 Å². The molecule has 3 atom stereocenters. The maximum atomic E-state index is 12.2. The fraction of sp³-hybridized carbons (Fsp3) is 0.588. The highest BCUT2D eigenvalue weighted by Crippen LogP contribution is 2.30. The van der Waals surface area contributed by atoms with Crippen molar-refractivity contribution in [1.29, 1.82) is 0 Å². The van der Waals surface area contributed by atoms with Crippen LogP contribution in [-0.2, 0) is 4.79 Å². The van der Waals surface area contributed by atoms with Gasteiger partial charge < -0.3 is 15.2 Å². The lowest BCUT2D eigenvalue weighted by atomic mass is 9.97. The third-order valence-corrected chi connectivity index (χ3v) is 4.27. The number of nitrogens with one attached hydrogen (secondary N) is 1.